The van der Waals surface area contributed by atoms with Crippen molar-refractivity contribution in [3.63, 3.8) is 0 Å². The van der Waals surface area contributed by atoms with E-state index in [0.29, 0.717) is 10.8 Å². The zero-order chi connectivity index (χ0) is 27.0. The molecular formula is C21H26ClFN8O5S. The zero-order valence-corrected chi connectivity index (χ0v) is 22.3. The number of nitrogens with zero attached hydrogens (tertiary/aromatic N) is 7. The van der Waals surface area contributed by atoms with E-state index in [0.717, 1.165) is 0 Å². The fourth-order valence-electron chi connectivity index (χ4n) is 4.19. The van der Waals surface area contributed by atoms with Gasteiger partial charge in [-0.3, -0.25) is 9.29 Å². The van der Waals surface area contributed by atoms with Crippen molar-refractivity contribution in [2.75, 3.05) is 26.1 Å². The van der Waals surface area contributed by atoms with E-state index < -0.39 is 27.0 Å². The third kappa shape index (κ3) is 5.29. The summed E-state index contributed by atoms with van der Waals surface area (Å²) >= 11 is 5.86. The van der Waals surface area contributed by atoms with Crippen LogP contribution >= 0.6 is 11.6 Å². The number of anilines is 1. The SMILES string of the molecule is COc1ncnc(OC)c1-n1c(NS(=O)(=O)[C@@H](C)[C@H](OC)c2ncc(Cl)cn2)nnc1[C@H]1C[C@](C)(F)C1. The number of alkyl halides is 1. The predicted octanol–water partition coefficient (Wildman–Crippen LogP) is 2.64. The van der Waals surface area contributed by atoms with Gasteiger partial charge in [0.15, 0.2) is 11.5 Å². The fraction of sp³-hybridized carbons (Fsp3) is 0.524. The van der Waals surface area contributed by atoms with Crippen molar-refractivity contribution in [1.82, 2.24) is 34.7 Å². The molecule has 3 aromatic rings. The molecule has 0 bridgehead atoms. The van der Waals surface area contributed by atoms with Crippen molar-refractivity contribution < 1.29 is 27.0 Å². The van der Waals surface area contributed by atoms with Gasteiger partial charge < -0.3 is 14.2 Å². The molecule has 16 heteroatoms. The van der Waals surface area contributed by atoms with Crippen LogP contribution in [0.1, 0.15) is 50.4 Å². The molecule has 0 spiro atoms. The van der Waals surface area contributed by atoms with Gasteiger partial charge in [0.2, 0.25) is 27.7 Å². The van der Waals surface area contributed by atoms with Crippen molar-refractivity contribution in [3.05, 3.63) is 35.4 Å². The van der Waals surface area contributed by atoms with E-state index in [2.05, 4.69) is 34.9 Å². The summed E-state index contributed by atoms with van der Waals surface area (Å²) in [7, 11) is -0.0654. The van der Waals surface area contributed by atoms with Gasteiger partial charge >= 0.3 is 0 Å². The molecule has 1 aliphatic carbocycles. The summed E-state index contributed by atoms with van der Waals surface area (Å²) < 4.78 is 61.4. The molecule has 2 atom stereocenters. The van der Waals surface area contributed by atoms with Gasteiger partial charge in [0.1, 0.15) is 29.2 Å². The smallest absolute Gasteiger partial charge is 0.245 e. The van der Waals surface area contributed by atoms with Gasteiger partial charge in [0, 0.05) is 25.4 Å². The standard InChI is InChI=1S/C21H26ClFN8O5S/c1-11(15(34-3)16-24-8-13(22)9-25-16)37(32,33)30-20-29-28-17(12-6-21(2,23)7-12)31(20)14-18(35-4)26-10-27-19(14)36-5/h8-12,15H,6-7H2,1-5H3,(H,29,30)/t11-,12-,15-,21-/m0/s1. The topological polar surface area (TPSA) is 156 Å². The first-order valence-corrected chi connectivity index (χ1v) is 13.0. The number of halogens is 2. The molecule has 1 saturated carbocycles. The van der Waals surface area contributed by atoms with E-state index in [4.69, 9.17) is 25.8 Å². The summed E-state index contributed by atoms with van der Waals surface area (Å²) in [4.78, 5) is 16.4. The molecule has 0 aromatic carbocycles. The lowest BCUT2D eigenvalue weighted by Gasteiger charge is -2.38. The first-order valence-electron chi connectivity index (χ1n) is 11.1. The Hall–Kier alpha value is -3.17. The number of rotatable bonds is 10. The Morgan fingerprint density at radius 2 is 1.70 bits per heavy atom. The molecule has 0 aliphatic heterocycles. The quantitative estimate of drug-likeness (QED) is 0.391. The van der Waals surface area contributed by atoms with Crippen LogP contribution in [0.25, 0.3) is 5.69 Å². The number of sulfonamides is 1. The van der Waals surface area contributed by atoms with Crippen LogP contribution < -0.4 is 14.2 Å². The summed E-state index contributed by atoms with van der Waals surface area (Å²) in [6.45, 7) is 2.93. The van der Waals surface area contributed by atoms with Crippen molar-refractivity contribution >= 4 is 27.6 Å². The third-order valence-electron chi connectivity index (χ3n) is 6.06. The second-order valence-corrected chi connectivity index (χ2v) is 11.2. The van der Waals surface area contributed by atoms with Gasteiger partial charge in [0.25, 0.3) is 0 Å². The van der Waals surface area contributed by atoms with Gasteiger partial charge in [0.05, 0.1) is 19.2 Å². The minimum Gasteiger partial charge on any atom is -0.479 e. The zero-order valence-electron chi connectivity index (χ0n) is 20.7. The fourth-order valence-corrected chi connectivity index (χ4v) is 5.42. The Bertz CT molecular complexity index is 1340. The lowest BCUT2D eigenvalue weighted by atomic mass is 9.73. The number of hydrogen-bond acceptors (Lipinski definition) is 11. The Balaban J connectivity index is 1.77. The van der Waals surface area contributed by atoms with Crippen LogP contribution in [-0.4, -0.2) is 75.4 Å². The molecule has 4 rings (SSSR count). The lowest BCUT2D eigenvalue weighted by molar-refractivity contribution is 0.0575. The summed E-state index contributed by atoms with van der Waals surface area (Å²) in [5.41, 5.74) is -1.21. The highest BCUT2D eigenvalue weighted by Gasteiger charge is 2.45. The van der Waals surface area contributed by atoms with Crippen molar-refractivity contribution in [2.45, 2.75) is 49.6 Å². The third-order valence-corrected chi connectivity index (χ3v) is 7.95. The van der Waals surface area contributed by atoms with Crippen molar-refractivity contribution in [2.24, 2.45) is 0 Å². The Labute approximate surface area is 217 Å². The van der Waals surface area contributed by atoms with E-state index in [1.54, 1.807) is 0 Å². The van der Waals surface area contributed by atoms with Crippen LogP contribution in [-0.2, 0) is 14.8 Å². The van der Waals surface area contributed by atoms with E-state index in [1.165, 1.54) is 58.5 Å². The van der Waals surface area contributed by atoms with Gasteiger partial charge in [-0.05, 0) is 26.7 Å². The molecule has 0 unspecified atom stereocenters. The summed E-state index contributed by atoms with van der Waals surface area (Å²) in [6, 6.07) is 0. The average Bonchev–Trinajstić information content (AvgIpc) is 3.25. The van der Waals surface area contributed by atoms with Crippen LogP contribution in [0.15, 0.2) is 18.7 Å². The van der Waals surface area contributed by atoms with Gasteiger partial charge in [-0.2, -0.15) is 9.97 Å². The van der Waals surface area contributed by atoms with E-state index >= 15 is 0 Å². The maximum atomic E-state index is 14.4. The molecule has 0 saturated heterocycles. The van der Waals surface area contributed by atoms with Crippen LogP contribution in [0.3, 0.4) is 0 Å². The molecule has 1 fully saturated rings. The normalized spacial score (nSPS) is 21.1. The summed E-state index contributed by atoms with van der Waals surface area (Å²) in [6.07, 6.45) is 3.23. The first kappa shape index (κ1) is 26.9. The van der Waals surface area contributed by atoms with Crippen molar-refractivity contribution in [3.8, 4) is 17.4 Å². The molecule has 0 radical (unpaired) electrons. The van der Waals surface area contributed by atoms with Crippen molar-refractivity contribution in [1.29, 1.82) is 0 Å². The highest BCUT2D eigenvalue weighted by atomic mass is 35.5. The molecule has 200 valence electrons. The minimum absolute atomic E-state index is 0.0769. The molecule has 3 heterocycles. The molecular weight excluding hydrogens is 531 g/mol. The predicted molar refractivity (Wildman–Crippen MR) is 130 cm³/mol. The van der Waals surface area contributed by atoms with E-state index in [-0.39, 0.29) is 48.0 Å². The van der Waals surface area contributed by atoms with E-state index in [9.17, 15) is 12.8 Å². The van der Waals surface area contributed by atoms with Crippen LogP contribution in [0.2, 0.25) is 5.02 Å². The Kier molecular flexibility index (Phi) is 7.48. The summed E-state index contributed by atoms with van der Waals surface area (Å²) in [5, 5.41) is 7.38. The number of nitrogens with one attached hydrogen (secondary N) is 1. The molecule has 1 N–H and O–H groups in total. The van der Waals surface area contributed by atoms with Gasteiger partial charge in [-0.15, -0.1) is 10.2 Å². The monoisotopic (exact) mass is 556 g/mol. The number of hydrogen-bond donors (Lipinski definition) is 1. The number of methoxy groups -OCH3 is 3. The lowest BCUT2D eigenvalue weighted by Crippen LogP contribution is -2.37. The number of ether oxygens (including phenoxy) is 3. The summed E-state index contributed by atoms with van der Waals surface area (Å²) in [5.74, 6) is 0.0512. The second-order valence-electron chi connectivity index (χ2n) is 8.74. The van der Waals surface area contributed by atoms with Crippen LogP contribution in [0.4, 0.5) is 10.3 Å². The molecule has 37 heavy (non-hydrogen) atoms. The minimum atomic E-state index is -4.18. The highest BCUT2D eigenvalue weighted by molar-refractivity contribution is 7.93. The number of aromatic nitrogens is 7. The Morgan fingerprint density at radius 1 is 1.11 bits per heavy atom. The molecule has 1 aliphatic rings. The maximum absolute atomic E-state index is 14.4. The first-order chi connectivity index (χ1) is 17.5. The largest absolute Gasteiger partial charge is 0.479 e. The average molecular weight is 557 g/mol. The maximum Gasteiger partial charge on any atom is 0.245 e. The van der Waals surface area contributed by atoms with Crippen LogP contribution in [0, 0.1) is 0 Å². The highest BCUT2D eigenvalue weighted by Crippen LogP contribution is 2.48. The Morgan fingerprint density at radius 3 is 2.22 bits per heavy atom. The second kappa shape index (κ2) is 10.3. The molecule has 13 nitrogen and oxygen atoms in total. The molecule has 0 amide bonds. The van der Waals surface area contributed by atoms with Crippen LogP contribution in [0.5, 0.6) is 11.8 Å². The van der Waals surface area contributed by atoms with Gasteiger partial charge in [-0.1, -0.05) is 11.6 Å². The molecule has 3 aromatic heterocycles. The van der Waals surface area contributed by atoms with Gasteiger partial charge in [-0.25, -0.2) is 22.8 Å². The van der Waals surface area contributed by atoms with E-state index in [1.807, 2.05) is 0 Å².